The summed E-state index contributed by atoms with van der Waals surface area (Å²) < 4.78 is 27.9. The molecule has 1 N–H and O–H groups in total. The number of amides is 1. The first-order chi connectivity index (χ1) is 16.3. The van der Waals surface area contributed by atoms with E-state index in [0.29, 0.717) is 17.3 Å². The zero-order valence-corrected chi connectivity index (χ0v) is 20.6. The van der Waals surface area contributed by atoms with Crippen LogP contribution < -0.4 is 14.5 Å². The van der Waals surface area contributed by atoms with Crippen LogP contribution in [-0.2, 0) is 21.4 Å². The molecule has 4 rings (SSSR count). The van der Waals surface area contributed by atoms with Crippen molar-refractivity contribution in [1.29, 1.82) is 0 Å². The summed E-state index contributed by atoms with van der Waals surface area (Å²) in [6.45, 7) is 3.94. The maximum absolute atomic E-state index is 13.4. The molecule has 1 aliphatic rings. The number of rotatable bonds is 8. The molecule has 3 aromatic rings. The molecule has 1 heterocycles. The van der Waals surface area contributed by atoms with Crippen LogP contribution in [0.2, 0.25) is 5.02 Å². The number of anilines is 2. The van der Waals surface area contributed by atoms with E-state index in [4.69, 9.17) is 11.6 Å². The highest BCUT2D eigenvalue weighted by Gasteiger charge is 2.27. The van der Waals surface area contributed by atoms with Crippen LogP contribution in [0.1, 0.15) is 24.0 Å². The fourth-order valence-electron chi connectivity index (χ4n) is 3.96. The van der Waals surface area contributed by atoms with E-state index in [1.54, 1.807) is 36.4 Å². The van der Waals surface area contributed by atoms with E-state index in [2.05, 4.69) is 22.3 Å². The second-order valence-electron chi connectivity index (χ2n) is 8.40. The third-order valence-corrected chi connectivity index (χ3v) is 8.15. The highest BCUT2D eigenvalue weighted by atomic mass is 35.5. The Kier molecular flexibility index (Phi) is 7.44. The minimum absolute atomic E-state index is 0.108. The summed E-state index contributed by atoms with van der Waals surface area (Å²) in [5, 5.41) is 3.28. The molecule has 0 bridgehead atoms. The number of hydrogen-bond donors (Lipinski definition) is 1. The summed E-state index contributed by atoms with van der Waals surface area (Å²) in [4.78, 5) is 15.3. The lowest BCUT2D eigenvalue weighted by Gasteiger charge is -2.24. The number of halogens is 1. The normalized spacial score (nSPS) is 13.6. The predicted octanol–water partition coefficient (Wildman–Crippen LogP) is 4.76. The molecular weight excluding hydrogens is 470 g/mol. The average Bonchev–Trinajstić information content (AvgIpc) is 3.39. The smallest absolute Gasteiger partial charge is 0.264 e. The van der Waals surface area contributed by atoms with Crippen molar-refractivity contribution in [2.24, 2.45) is 0 Å². The number of sulfonamides is 1. The molecule has 6 nitrogen and oxygen atoms in total. The van der Waals surface area contributed by atoms with Crippen LogP contribution in [0.15, 0.2) is 77.7 Å². The lowest BCUT2D eigenvalue weighted by molar-refractivity contribution is -0.119. The van der Waals surface area contributed by atoms with Crippen LogP contribution in [0, 0.1) is 6.92 Å². The number of nitrogens with zero attached hydrogens (tertiary/aromatic N) is 2. The second kappa shape index (κ2) is 10.5. The van der Waals surface area contributed by atoms with Gasteiger partial charge in [0.1, 0.15) is 6.54 Å². The average molecular weight is 498 g/mol. The molecule has 8 heteroatoms. The van der Waals surface area contributed by atoms with Crippen molar-refractivity contribution in [3.05, 3.63) is 88.9 Å². The van der Waals surface area contributed by atoms with Crippen LogP contribution in [-0.4, -0.2) is 34.0 Å². The lowest BCUT2D eigenvalue weighted by Crippen LogP contribution is -2.40. The Balaban J connectivity index is 1.49. The molecule has 0 aliphatic carbocycles. The van der Waals surface area contributed by atoms with Crippen LogP contribution in [0.3, 0.4) is 0 Å². The van der Waals surface area contributed by atoms with Gasteiger partial charge in [0.15, 0.2) is 0 Å². The first-order valence-corrected chi connectivity index (χ1v) is 13.1. The summed E-state index contributed by atoms with van der Waals surface area (Å²) >= 11 is 6.27. The molecule has 0 atom stereocenters. The second-order valence-corrected chi connectivity index (χ2v) is 10.7. The topological polar surface area (TPSA) is 69.7 Å². The van der Waals surface area contributed by atoms with Crippen molar-refractivity contribution in [3.8, 4) is 0 Å². The summed E-state index contributed by atoms with van der Waals surface area (Å²) in [5.41, 5.74) is 3.30. The Morgan fingerprint density at radius 2 is 1.68 bits per heavy atom. The molecule has 1 amide bonds. The highest BCUT2D eigenvalue weighted by Crippen LogP contribution is 2.28. The van der Waals surface area contributed by atoms with Crippen molar-refractivity contribution in [2.45, 2.75) is 31.2 Å². The maximum atomic E-state index is 13.4. The minimum Gasteiger partial charge on any atom is -0.372 e. The van der Waals surface area contributed by atoms with E-state index in [1.807, 2.05) is 19.1 Å². The molecule has 0 radical (unpaired) electrons. The summed E-state index contributed by atoms with van der Waals surface area (Å²) in [6, 6.07) is 21.2. The third-order valence-electron chi connectivity index (χ3n) is 5.96. The number of nitrogens with one attached hydrogen (secondary N) is 1. The van der Waals surface area contributed by atoms with E-state index in [1.165, 1.54) is 30.7 Å². The van der Waals surface area contributed by atoms with E-state index in [0.717, 1.165) is 28.5 Å². The van der Waals surface area contributed by atoms with Gasteiger partial charge in [-0.1, -0.05) is 48.0 Å². The fraction of sp³-hybridized carbons (Fsp3) is 0.269. The molecular formula is C26H28ClN3O3S. The molecule has 1 aliphatic heterocycles. The van der Waals surface area contributed by atoms with E-state index >= 15 is 0 Å². The van der Waals surface area contributed by atoms with Gasteiger partial charge in [-0.25, -0.2) is 8.42 Å². The molecule has 3 aromatic carbocycles. The Hall–Kier alpha value is -3.03. The van der Waals surface area contributed by atoms with Gasteiger partial charge in [-0.2, -0.15) is 0 Å². The van der Waals surface area contributed by atoms with Gasteiger partial charge in [0.25, 0.3) is 10.0 Å². The Morgan fingerprint density at radius 3 is 2.32 bits per heavy atom. The zero-order valence-electron chi connectivity index (χ0n) is 19.1. The highest BCUT2D eigenvalue weighted by molar-refractivity contribution is 7.92. The van der Waals surface area contributed by atoms with Crippen molar-refractivity contribution in [3.63, 3.8) is 0 Å². The van der Waals surface area contributed by atoms with Gasteiger partial charge in [0.2, 0.25) is 5.91 Å². The fourth-order valence-corrected chi connectivity index (χ4v) is 5.57. The van der Waals surface area contributed by atoms with Gasteiger partial charge in [-0.15, -0.1) is 0 Å². The van der Waals surface area contributed by atoms with Crippen molar-refractivity contribution >= 4 is 38.9 Å². The van der Waals surface area contributed by atoms with Crippen LogP contribution >= 0.6 is 11.6 Å². The van der Waals surface area contributed by atoms with Crippen molar-refractivity contribution < 1.29 is 13.2 Å². The van der Waals surface area contributed by atoms with Crippen molar-refractivity contribution in [1.82, 2.24) is 5.32 Å². The standard InChI is InChI=1S/C26H28ClN3O3S/c1-20-9-12-23(17-25(20)27)30(34(32,33)24-7-3-2-4-8-24)19-26(31)28-18-21-10-13-22(14-11-21)29-15-5-6-16-29/h2-4,7-14,17H,5-6,15-16,18-19H2,1H3,(H,28,31). The Bertz CT molecular complexity index is 1240. The third kappa shape index (κ3) is 5.54. The van der Waals surface area contributed by atoms with Crippen molar-refractivity contribution in [2.75, 3.05) is 28.8 Å². The molecule has 1 saturated heterocycles. The van der Waals surface area contributed by atoms with Gasteiger partial charge in [0, 0.05) is 30.3 Å². The number of benzene rings is 3. The van der Waals surface area contributed by atoms with E-state index in [9.17, 15) is 13.2 Å². The number of carbonyl (C=O) groups is 1. The molecule has 0 aromatic heterocycles. The Labute approximate surface area is 206 Å². The number of hydrogen-bond acceptors (Lipinski definition) is 4. The largest absolute Gasteiger partial charge is 0.372 e. The minimum atomic E-state index is -3.97. The Morgan fingerprint density at radius 1 is 1.00 bits per heavy atom. The summed E-state index contributed by atoms with van der Waals surface area (Å²) in [7, 11) is -3.97. The quantitative estimate of drug-likeness (QED) is 0.487. The first kappa shape index (κ1) is 24.1. The molecule has 0 spiro atoms. The molecule has 34 heavy (non-hydrogen) atoms. The van der Waals surface area contributed by atoms with E-state index in [-0.39, 0.29) is 11.4 Å². The van der Waals surface area contributed by atoms with Crippen LogP contribution in [0.25, 0.3) is 0 Å². The molecule has 0 saturated carbocycles. The van der Waals surface area contributed by atoms with Crippen LogP contribution in [0.4, 0.5) is 11.4 Å². The molecule has 1 fully saturated rings. The van der Waals surface area contributed by atoms with Gasteiger partial charge in [-0.05, 0) is 67.3 Å². The monoisotopic (exact) mass is 497 g/mol. The maximum Gasteiger partial charge on any atom is 0.264 e. The molecule has 178 valence electrons. The first-order valence-electron chi connectivity index (χ1n) is 11.3. The number of aryl methyl sites for hydroxylation is 1. The lowest BCUT2D eigenvalue weighted by atomic mass is 10.2. The zero-order chi connectivity index (χ0) is 24.1. The predicted molar refractivity (Wildman–Crippen MR) is 137 cm³/mol. The van der Waals surface area contributed by atoms with Gasteiger partial charge in [-0.3, -0.25) is 9.10 Å². The van der Waals surface area contributed by atoms with Gasteiger partial charge < -0.3 is 10.2 Å². The number of carbonyl (C=O) groups excluding carboxylic acids is 1. The summed E-state index contributed by atoms with van der Waals surface area (Å²) in [5.74, 6) is -0.403. The summed E-state index contributed by atoms with van der Waals surface area (Å²) in [6.07, 6.45) is 2.43. The van der Waals surface area contributed by atoms with Gasteiger partial charge in [0.05, 0.1) is 10.6 Å². The van der Waals surface area contributed by atoms with Crippen LogP contribution in [0.5, 0.6) is 0 Å². The van der Waals surface area contributed by atoms with E-state index < -0.39 is 15.9 Å². The SMILES string of the molecule is Cc1ccc(N(CC(=O)NCc2ccc(N3CCCC3)cc2)S(=O)(=O)c2ccccc2)cc1Cl. The molecule has 0 unspecified atom stereocenters. The van der Waals surface area contributed by atoms with Gasteiger partial charge >= 0.3 is 0 Å².